The van der Waals surface area contributed by atoms with Gasteiger partial charge in [0, 0.05) is 16.9 Å². The molecule has 0 saturated carbocycles. The monoisotopic (exact) mass is 388 g/mol. The zero-order valence-electron chi connectivity index (χ0n) is 16.8. The summed E-state index contributed by atoms with van der Waals surface area (Å²) in [5, 5.41) is 5.64. The number of amides is 2. The van der Waals surface area contributed by atoms with E-state index in [0.29, 0.717) is 22.7 Å². The van der Waals surface area contributed by atoms with Crippen molar-refractivity contribution in [3.63, 3.8) is 0 Å². The molecule has 29 heavy (non-hydrogen) atoms. The molecular weight excluding hydrogens is 364 g/mol. The fraction of sp³-hybridized carbons (Fsp3) is 0.167. The molecule has 3 aromatic rings. The van der Waals surface area contributed by atoms with Gasteiger partial charge in [0.05, 0.1) is 0 Å². The van der Waals surface area contributed by atoms with Gasteiger partial charge in [-0.25, -0.2) is 0 Å². The van der Waals surface area contributed by atoms with Crippen molar-refractivity contribution >= 4 is 23.2 Å². The minimum Gasteiger partial charge on any atom is -0.483 e. The summed E-state index contributed by atoms with van der Waals surface area (Å²) in [4.78, 5) is 24.5. The molecule has 0 aliphatic carbocycles. The minimum absolute atomic E-state index is 0.0733. The van der Waals surface area contributed by atoms with Crippen LogP contribution in [0.25, 0.3) is 0 Å². The summed E-state index contributed by atoms with van der Waals surface area (Å²) in [7, 11) is 0. The van der Waals surface area contributed by atoms with E-state index in [-0.39, 0.29) is 18.4 Å². The van der Waals surface area contributed by atoms with Gasteiger partial charge in [0.25, 0.3) is 11.8 Å². The number of ether oxygens (including phenoxy) is 1. The summed E-state index contributed by atoms with van der Waals surface area (Å²) < 4.78 is 5.62. The molecule has 2 amide bonds. The van der Waals surface area contributed by atoms with Crippen molar-refractivity contribution < 1.29 is 14.3 Å². The van der Waals surface area contributed by atoms with Crippen molar-refractivity contribution in [2.45, 2.75) is 20.8 Å². The van der Waals surface area contributed by atoms with Crippen LogP contribution in [0, 0.1) is 20.8 Å². The fourth-order valence-electron chi connectivity index (χ4n) is 2.83. The lowest BCUT2D eigenvalue weighted by Crippen LogP contribution is -2.20. The Labute approximate surface area is 170 Å². The van der Waals surface area contributed by atoms with Crippen LogP contribution in [0.3, 0.4) is 0 Å². The van der Waals surface area contributed by atoms with Gasteiger partial charge in [0.1, 0.15) is 5.75 Å². The quantitative estimate of drug-likeness (QED) is 0.632. The summed E-state index contributed by atoms with van der Waals surface area (Å²) in [5.41, 5.74) is 4.98. The van der Waals surface area contributed by atoms with Crippen LogP contribution in [0.5, 0.6) is 5.75 Å². The number of hydrogen-bond donors (Lipinski definition) is 2. The van der Waals surface area contributed by atoms with Crippen LogP contribution >= 0.6 is 0 Å². The summed E-state index contributed by atoms with van der Waals surface area (Å²) in [6, 6.07) is 20.2. The van der Waals surface area contributed by atoms with E-state index >= 15 is 0 Å². The normalized spacial score (nSPS) is 10.3. The Morgan fingerprint density at radius 3 is 2.14 bits per heavy atom. The van der Waals surface area contributed by atoms with Crippen molar-refractivity contribution in [3.05, 3.63) is 89.0 Å². The van der Waals surface area contributed by atoms with Gasteiger partial charge in [-0.15, -0.1) is 0 Å². The number of hydrogen-bond acceptors (Lipinski definition) is 3. The number of carbonyl (C=O) groups is 2. The largest absolute Gasteiger partial charge is 0.483 e. The van der Waals surface area contributed by atoms with Crippen molar-refractivity contribution in [2.75, 3.05) is 17.2 Å². The molecular formula is C24H24N2O3. The Morgan fingerprint density at radius 2 is 1.45 bits per heavy atom. The van der Waals surface area contributed by atoms with E-state index < -0.39 is 0 Å². The van der Waals surface area contributed by atoms with Crippen LogP contribution in [-0.2, 0) is 4.79 Å². The molecule has 3 rings (SSSR count). The van der Waals surface area contributed by atoms with Gasteiger partial charge in [0.15, 0.2) is 6.61 Å². The third-order valence-corrected chi connectivity index (χ3v) is 4.41. The molecule has 148 valence electrons. The number of nitrogens with one attached hydrogen (secondary N) is 2. The first-order chi connectivity index (χ1) is 13.9. The van der Waals surface area contributed by atoms with Gasteiger partial charge < -0.3 is 15.4 Å². The summed E-state index contributed by atoms with van der Waals surface area (Å²) in [6.45, 7) is 5.79. The number of aryl methyl sites for hydroxylation is 3. The molecule has 5 nitrogen and oxygen atoms in total. The summed E-state index contributed by atoms with van der Waals surface area (Å²) in [5.74, 6) is 0.282. The minimum atomic E-state index is -0.248. The lowest BCUT2D eigenvalue weighted by molar-refractivity contribution is -0.118. The zero-order chi connectivity index (χ0) is 20.8. The summed E-state index contributed by atoms with van der Waals surface area (Å²) >= 11 is 0. The maximum absolute atomic E-state index is 12.3. The van der Waals surface area contributed by atoms with E-state index in [2.05, 4.69) is 10.6 Å². The SMILES string of the molecule is Cc1cccc(C(=O)Nc2ccc(NC(=O)COc3cc(C)ccc3C)cc2)c1. The average molecular weight is 388 g/mol. The van der Waals surface area contributed by atoms with E-state index in [4.69, 9.17) is 4.74 Å². The van der Waals surface area contributed by atoms with Crippen LogP contribution in [0.4, 0.5) is 11.4 Å². The molecule has 0 fully saturated rings. The van der Waals surface area contributed by atoms with Crippen molar-refractivity contribution in [3.8, 4) is 5.75 Å². The van der Waals surface area contributed by atoms with Crippen LogP contribution in [0.15, 0.2) is 66.7 Å². The molecule has 2 N–H and O–H groups in total. The van der Waals surface area contributed by atoms with E-state index in [1.165, 1.54) is 0 Å². The Bertz CT molecular complexity index is 1030. The molecule has 0 saturated heterocycles. The Hall–Kier alpha value is -3.60. The van der Waals surface area contributed by atoms with E-state index in [9.17, 15) is 9.59 Å². The maximum atomic E-state index is 12.3. The highest BCUT2D eigenvalue weighted by Gasteiger charge is 2.08. The Kier molecular flexibility index (Phi) is 6.29. The predicted octanol–water partition coefficient (Wildman–Crippen LogP) is 4.88. The second-order valence-corrected chi connectivity index (χ2v) is 7.01. The highest BCUT2D eigenvalue weighted by molar-refractivity contribution is 6.04. The molecule has 0 aliphatic heterocycles. The maximum Gasteiger partial charge on any atom is 0.262 e. The smallest absolute Gasteiger partial charge is 0.262 e. The van der Waals surface area contributed by atoms with Crippen molar-refractivity contribution in [1.29, 1.82) is 0 Å². The van der Waals surface area contributed by atoms with Crippen LogP contribution in [0.2, 0.25) is 0 Å². The predicted molar refractivity (Wildman–Crippen MR) is 116 cm³/mol. The highest BCUT2D eigenvalue weighted by atomic mass is 16.5. The average Bonchev–Trinajstić information content (AvgIpc) is 2.70. The van der Waals surface area contributed by atoms with E-state index in [1.807, 2.05) is 57.2 Å². The molecule has 0 unspecified atom stereocenters. The lowest BCUT2D eigenvalue weighted by atomic mass is 10.1. The van der Waals surface area contributed by atoms with Crippen LogP contribution in [0.1, 0.15) is 27.0 Å². The molecule has 0 spiro atoms. The molecule has 0 atom stereocenters. The topological polar surface area (TPSA) is 67.4 Å². The summed E-state index contributed by atoms with van der Waals surface area (Å²) in [6.07, 6.45) is 0. The highest BCUT2D eigenvalue weighted by Crippen LogP contribution is 2.19. The Morgan fingerprint density at radius 1 is 0.793 bits per heavy atom. The molecule has 0 heterocycles. The first kappa shape index (κ1) is 20.1. The molecule has 0 radical (unpaired) electrons. The lowest BCUT2D eigenvalue weighted by Gasteiger charge is -2.11. The van der Waals surface area contributed by atoms with E-state index in [1.54, 1.807) is 30.3 Å². The second kappa shape index (κ2) is 9.06. The number of carbonyl (C=O) groups excluding carboxylic acids is 2. The van der Waals surface area contributed by atoms with Crippen molar-refractivity contribution in [2.24, 2.45) is 0 Å². The second-order valence-electron chi connectivity index (χ2n) is 7.01. The van der Waals surface area contributed by atoms with Gasteiger partial charge in [-0.1, -0.05) is 29.8 Å². The first-order valence-electron chi connectivity index (χ1n) is 9.39. The van der Waals surface area contributed by atoms with E-state index in [0.717, 1.165) is 16.7 Å². The fourth-order valence-corrected chi connectivity index (χ4v) is 2.83. The Balaban J connectivity index is 1.54. The van der Waals surface area contributed by atoms with Gasteiger partial charge in [-0.3, -0.25) is 9.59 Å². The molecule has 0 bridgehead atoms. The van der Waals surface area contributed by atoms with Crippen molar-refractivity contribution in [1.82, 2.24) is 0 Å². The van der Waals surface area contributed by atoms with Gasteiger partial charge in [-0.05, 0) is 74.4 Å². The molecule has 5 heteroatoms. The van der Waals surface area contributed by atoms with Crippen LogP contribution in [-0.4, -0.2) is 18.4 Å². The number of anilines is 2. The molecule has 0 aromatic heterocycles. The number of rotatable bonds is 6. The molecule has 0 aliphatic rings. The van der Waals surface area contributed by atoms with Gasteiger partial charge in [0.2, 0.25) is 0 Å². The van der Waals surface area contributed by atoms with Gasteiger partial charge in [-0.2, -0.15) is 0 Å². The van der Waals surface area contributed by atoms with Crippen LogP contribution < -0.4 is 15.4 Å². The third kappa shape index (κ3) is 5.69. The standard InChI is InChI=1S/C24H24N2O3/c1-16-5-4-6-19(13-16)24(28)26-21-11-9-20(10-12-21)25-23(27)15-29-22-14-17(2)7-8-18(22)3/h4-14H,15H2,1-3H3,(H,25,27)(H,26,28). The number of benzene rings is 3. The first-order valence-corrected chi connectivity index (χ1v) is 9.39. The molecule has 3 aromatic carbocycles. The van der Waals surface area contributed by atoms with Gasteiger partial charge >= 0.3 is 0 Å². The zero-order valence-corrected chi connectivity index (χ0v) is 16.8. The third-order valence-electron chi connectivity index (χ3n) is 4.41.